The molecule has 1 aromatic carbocycles. The van der Waals surface area contributed by atoms with Crippen molar-refractivity contribution in [2.75, 3.05) is 5.32 Å². The predicted octanol–water partition coefficient (Wildman–Crippen LogP) is 4.25. The Morgan fingerprint density at radius 2 is 1.90 bits per heavy atom. The number of halogens is 5. The number of amides is 1. The molecule has 0 unspecified atom stereocenters. The molecule has 0 atom stereocenters. The molecule has 0 saturated carbocycles. The van der Waals surface area contributed by atoms with Gasteiger partial charge in [-0.2, -0.15) is 13.2 Å². The minimum atomic E-state index is -4.66. The zero-order valence-corrected chi connectivity index (χ0v) is 11.8. The summed E-state index contributed by atoms with van der Waals surface area (Å²) in [4.78, 5) is 15.7. The van der Waals surface area contributed by atoms with Gasteiger partial charge in [0, 0.05) is 0 Å². The van der Waals surface area contributed by atoms with Crippen LogP contribution >= 0.6 is 15.9 Å². The van der Waals surface area contributed by atoms with Gasteiger partial charge in [-0.25, -0.2) is 9.37 Å². The predicted molar refractivity (Wildman–Crippen MR) is 71.3 cm³/mol. The number of benzene rings is 1. The van der Waals surface area contributed by atoms with Crippen LogP contribution in [0.4, 0.5) is 23.4 Å². The summed E-state index contributed by atoms with van der Waals surface area (Å²) < 4.78 is 51.7. The Balaban J connectivity index is 2.31. The lowest BCUT2D eigenvalue weighted by Crippen LogP contribution is -2.16. The molecule has 0 aliphatic heterocycles. The monoisotopic (exact) mass is 362 g/mol. The van der Waals surface area contributed by atoms with Crippen molar-refractivity contribution in [3.63, 3.8) is 0 Å². The van der Waals surface area contributed by atoms with E-state index in [1.54, 1.807) is 12.1 Å². The average Bonchev–Trinajstić information content (AvgIpc) is 2.37. The van der Waals surface area contributed by atoms with Gasteiger partial charge in [-0.05, 0) is 46.3 Å². The van der Waals surface area contributed by atoms with Crippen LogP contribution in [0.5, 0.6) is 0 Å². The van der Waals surface area contributed by atoms with Crippen LogP contribution in [0, 0.1) is 5.82 Å². The molecule has 110 valence electrons. The summed E-state index contributed by atoms with van der Waals surface area (Å²) in [6.45, 7) is 0. The highest BCUT2D eigenvalue weighted by atomic mass is 79.9. The highest BCUT2D eigenvalue weighted by molar-refractivity contribution is 9.10. The zero-order chi connectivity index (χ0) is 15.6. The van der Waals surface area contributed by atoms with Crippen LogP contribution in [0.3, 0.4) is 0 Å². The molecular weight excluding hydrogens is 356 g/mol. The summed E-state index contributed by atoms with van der Waals surface area (Å²) in [7, 11) is 0. The number of carbonyl (C=O) groups excluding carboxylic acids is 1. The number of hydrogen-bond acceptors (Lipinski definition) is 2. The van der Waals surface area contributed by atoms with Crippen molar-refractivity contribution in [3.8, 4) is 0 Å². The first-order valence-electron chi connectivity index (χ1n) is 5.58. The van der Waals surface area contributed by atoms with E-state index in [1.807, 2.05) is 0 Å². The second-order valence-electron chi connectivity index (χ2n) is 3.99. The number of pyridine rings is 1. The summed E-state index contributed by atoms with van der Waals surface area (Å²) in [5.74, 6) is -1.97. The minimum Gasteiger partial charge on any atom is -0.306 e. The third-order valence-corrected chi connectivity index (χ3v) is 2.94. The van der Waals surface area contributed by atoms with Crippen molar-refractivity contribution in [1.29, 1.82) is 0 Å². The zero-order valence-electron chi connectivity index (χ0n) is 10.2. The van der Waals surface area contributed by atoms with Gasteiger partial charge < -0.3 is 5.32 Å². The van der Waals surface area contributed by atoms with Gasteiger partial charge in [-0.15, -0.1) is 0 Å². The molecule has 0 saturated heterocycles. The molecule has 0 fully saturated rings. The lowest BCUT2D eigenvalue weighted by molar-refractivity contribution is -0.137. The second kappa shape index (κ2) is 5.80. The molecule has 2 aromatic rings. The number of nitrogens with one attached hydrogen (secondary N) is 1. The van der Waals surface area contributed by atoms with Crippen LogP contribution in [-0.2, 0) is 6.18 Å². The number of anilines is 1. The molecule has 1 N–H and O–H groups in total. The van der Waals surface area contributed by atoms with Crippen LogP contribution in [0.2, 0.25) is 0 Å². The molecule has 0 spiro atoms. The Bertz CT molecular complexity index is 688. The third kappa shape index (κ3) is 3.78. The van der Waals surface area contributed by atoms with Crippen molar-refractivity contribution < 1.29 is 22.4 Å². The molecule has 0 radical (unpaired) electrons. The Kier molecular flexibility index (Phi) is 4.26. The molecule has 0 bridgehead atoms. The van der Waals surface area contributed by atoms with Crippen molar-refractivity contribution in [1.82, 2.24) is 4.98 Å². The molecule has 0 aliphatic carbocycles. The number of rotatable bonds is 2. The lowest BCUT2D eigenvalue weighted by Gasteiger charge is -2.10. The molecule has 1 heterocycles. The Morgan fingerprint density at radius 3 is 2.52 bits per heavy atom. The van der Waals surface area contributed by atoms with Gasteiger partial charge in [0.1, 0.15) is 16.2 Å². The fraction of sp³-hybridized carbons (Fsp3) is 0.0769. The van der Waals surface area contributed by atoms with Crippen LogP contribution in [-0.4, -0.2) is 10.9 Å². The van der Waals surface area contributed by atoms with Crippen molar-refractivity contribution >= 4 is 27.7 Å². The van der Waals surface area contributed by atoms with E-state index in [-0.39, 0.29) is 5.82 Å². The van der Waals surface area contributed by atoms with Gasteiger partial charge in [-0.3, -0.25) is 4.79 Å². The number of hydrogen-bond donors (Lipinski definition) is 1. The summed E-state index contributed by atoms with van der Waals surface area (Å²) in [6, 6.07) is 6.22. The van der Waals surface area contributed by atoms with Gasteiger partial charge >= 0.3 is 6.18 Å². The van der Waals surface area contributed by atoms with E-state index in [4.69, 9.17) is 0 Å². The standard InChI is InChI=1S/C13H7BrF4N2O/c14-10-2-1-3-11(19-10)20-12(21)8-6-7(13(16,17)18)4-5-9(8)15/h1-6H,(H,19,20,21). The summed E-state index contributed by atoms with van der Waals surface area (Å²) >= 11 is 3.08. The van der Waals surface area contributed by atoms with Gasteiger partial charge in [0.2, 0.25) is 0 Å². The van der Waals surface area contributed by atoms with E-state index in [9.17, 15) is 22.4 Å². The van der Waals surface area contributed by atoms with E-state index in [1.165, 1.54) is 6.07 Å². The highest BCUT2D eigenvalue weighted by Crippen LogP contribution is 2.30. The smallest absolute Gasteiger partial charge is 0.306 e. The van der Waals surface area contributed by atoms with Crippen molar-refractivity contribution in [3.05, 3.63) is 57.9 Å². The van der Waals surface area contributed by atoms with Crippen LogP contribution in [0.25, 0.3) is 0 Å². The van der Waals surface area contributed by atoms with Crippen LogP contribution < -0.4 is 5.32 Å². The number of aromatic nitrogens is 1. The Hall–Kier alpha value is -1.96. The fourth-order valence-electron chi connectivity index (χ4n) is 1.54. The Morgan fingerprint density at radius 1 is 1.19 bits per heavy atom. The highest BCUT2D eigenvalue weighted by Gasteiger charge is 2.32. The first-order valence-corrected chi connectivity index (χ1v) is 6.37. The van der Waals surface area contributed by atoms with Gasteiger partial charge in [0.25, 0.3) is 5.91 Å². The maximum atomic E-state index is 13.5. The molecule has 21 heavy (non-hydrogen) atoms. The molecule has 2 rings (SSSR count). The SMILES string of the molecule is O=C(Nc1cccc(Br)n1)c1cc(C(F)(F)F)ccc1F. The quantitative estimate of drug-likeness (QED) is 0.640. The Labute approximate surface area is 125 Å². The van der Waals surface area contributed by atoms with E-state index in [2.05, 4.69) is 26.2 Å². The molecule has 8 heteroatoms. The van der Waals surface area contributed by atoms with E-state index in [0.717, 1.165) is 0 Å². The maximum absolute atomic E-state index is 13.5. The lowest BCUT2D eigenvalue weighted by atomic mass is 10.1. The second-order valence-corrected chi connectivity index (χ2v) is 4.80. The summed E-state index contributed by atoms with van der Waals surface area (Å²) in [5.41, 5.74) is -1.80. The van der Waals surface area contributed by atoms with Gasteiger partial charge in [0.15, 0.2) is 0 Å². The fourth-order valence-corrected chi connectivity index (χ4v) is 1.88. The normalized spacial score (nSPS) is 11.3. The van der Waals surface area contributed by atoms with E-state index >= 15 is 0 Å². The number of carbonyl (C=O) groups is 1. The number of alkyl halides is 3. The van der Waals surface area contributed by atoms with E-state index < -0.39 is 29.0 Å². The molecule has 1 amide bonds. The molecular formula is C13H7BrF4N2O. The maximum Gasteiger partial charge on any atom is 0.416 e. The molecule has 1 aromatic heterocycles. The van der Waals surface area contributed by atoms with Gasteiger partial charge in [0.05, 0.1) is 11.1 Å². The van der Waals surface area contributed by atoms with Crippen molar-refractivity contribution in [2.24, 2.45) is 0 Å². The van der Waals surface area contributed by atoms with E-state index in [0.29, 0.717) is 22.8 Å². The molecule has 3 nitrogen and oxygen atoms in total. The first-order chi connectivity index (χ1) is 9.77. The van der Waals surface area contributed by atoms with Gasteiger partial charge in [-0.1, -0.05) is 6.07 Å². The van der Waals surface area contributed by atoms with Crippen molar-refractivity contribution in [2.45, 2.75) is 6.18 Å². The topological polar surface area (TPSA) is 42.0 Å². The summed E-state index contributed by atoms with van der Waals surface area (Å²) in [5, 5.41) is 2.23. The largest absolute Gasteiger partial charge is 0.416 e. The number of nitrogens with zero attached hydrogens (tertiary/aromatic N) is 1. The third-order valence-electron chi connectivity index (χ3n) is 2.50. The first kappa shape index (κ1) is 15.4. The summed E-state index contributed by atoms with van der Waals surface area (Å²) in [6.07, 6.45) is -4.66. The average molecular weight is 363 g/mol. The minimum absolute atomic E-state index is 0.0891. The molecule has 0 aliphatic rings. The van der Waals surface area contributed by atoms with Crippen LogP contribution in [0.1, 0.15) is 15.9 Å². The van der Waals surface area contributed by atoms with Crippen LogP contribution in [0.15, 0.2) is 41.0 Å².